The molecule has 0 spiro atoms. The summed E-state index contributed by atoms with van der Waals surface area (Å²) >= 11 is 0. The van der Waals surface area contributed by atoms with E-state index in [4.69, 9.17) is 5.11 Å². The van der Waals surface area contributed by atoms with E-state index in [9.17, 15) is 4.79 Å². The van der Waals surface area contributed by atoms with Crippen LogP contribution >= 0.6 is 0 Å². The van der Waals surface area contributed by atoms with Gasteiger partial charge in [0.2, 0.25) is 5.91 Å². The highest BCUT2D eigenvalue weighted by Gasteiger charge is 2.29. The van der Waals surface area contributed by atoms with E-state index in [1.807, 2.05) is 18.7 Å². The quantitative estimate of drug-likeness (QED) is 0.691. The standard InChI is InChI=1S/C15H30N2O2/c1-4-6-13-9-14(16-7-5-8-18)11-17(10-13)15(19)12(2)3/h12-14,16,18H,4-11H2,1-3H3. The summed E-state index contributed by atoms with van der Waals surface area (Å²) in [5.74, 6) is 0.973. The Kier molecular flexibility index (Phi) is 7.39. The third kappa shape index (κ3) is 5.49. The molecule has 2 unspecified atom stereocenters. The average molecular weight is 270 g/mol. The van der Waals surface area contributed by atoms with Crippen LogP contribution in [0, 0.1) is 11.8 Å². The predicted octanol–water partition coefficient (Wildman–Crippen LogP) is 1.63. The molecule has 1 aliphatic rings. The number of hydrogen-bond acceptors (Lipinski definition) is 3. The Hall–Kier alpha value is -0.610. The van der Waals surface area contributed by atoms with Gasteiger partial charge < -0.3 is 15.3 Å². The van der Waals surface area contributed by atoms with E-state index in [1.165, 1.54) is 12.8 Å². The van der Waals surface area contributed by atoms with Gasteiger partial charge in [0.15, 0.2) is 0 Å². The minimum Gasteiger partial charge on any atom is -0.396 e. The van der Waals surface area contributed by atoms with Crippen molar-refractivity contribution < 1.29 is 9.90 Å². The highest BCUT2D eigenvalue weighted by Crippen LogP contribution is 2.22. The van der Waals surface area contributed by atoms with Crippen LogP contribution in [0.3, 0.4) is 0 Å². The number of nitrogens with zero attached hydrogens (tertiary/aromatic N) is 1. The molecule has 1 heterocycles. The van der Waals surface area contributed by atoms with E-state index in [0.29, 0.717) is 12.0 Å². The van der Waals surface area contributed by atoms with Crippen molar-refractivity contribution >= 4 is 5.91 Å². The molecule has 2 atom stereocenters. The van der Waals surface area contributed by atoms with E-state index >= 15 is 0 Å². The molecular formula is C15H30N2O2. The van der Waals surface area contributed by atoms with Crippen molar-refractivity contribution in [3.63, 3.8) is 0 Å². The second kappa shape index (κ2) is 8.54. The van der Waals surface area contributed by atoms with Crippen LogP contribution in [0.25, 0.3) is 0 Å². The first-order valence-electron chi connectivity index (χ1n) is 7.71. The van der Waals surface area contributed by atoms with Crippen molar-refractivity contribution in [2.45, 2.75) is 52.5 Å². The summed E-state index contributed by atoms with van der Waals surface area (Å²) in [6, 6.07) is 0.388. The highest BCUT2D eigenvalue weighted by atomic mass is 16.3. The fraction of sp³-hybridized carbons (Fsp3) is 0.933. The lowest BCUT2D eigenvalue weighted by Crippen LogP contribution is -2.52. The van der Waals surface area contributed by atoms with Gasteiger partial charge in [0.05, 0.1) is 0 Å². The molecular weight excluding hydrogens is 240 g/mol. The summed E-state index contributed by atoms with van der Waals surface area (Å²) < 4.78 is 0. The van der Waals surface area contributed by atoms with Gasteiger partial charge in [-0.3, -0.25) is 4.79 Å². The third-order valence-corrected chi connectivity index (χ3v) is 3.81. The van der Waals surface area contributed by atoms with Crippen LogP contribution < -0.4 is 5.32 Å². The van der Waals surface area contributed by atoms with Gasteiger partial charge in [0.25, 0.3) is 0 Å². The summed E-state index contributed by atoms with van der Waals surface area (Å²) in [7, 11) is 0. The Morgan fingerprint density at radius 3 is 2.74 bits per heavy atom. The molecule has 0 aromatic rings. The number of piperidine rings is 1. The monoisotopic (exact) mass is 270 g/mol. The number of likely N-dealkylation sites (tertiary alicyclic amines) is 1. The lowest BCUT2D eigenvalue weighted by molar-refractivity contribution is -0.136. The van der Waals surface area contributed by atoms with Crippen LogP contribution in [0.2, 0.25) is 0 Å². The van der Waals surface area contributed by atoms with Crippen LogP contribution in [0.15, 0.2) is 0 Å². The molecule has 0 aromatic heterocycles. The largest absolute Gasteiger partial charge is 0.396 e. The maximum Gasteiger partial charge on any atom is 0.225 e. The second-order valence-electron chi connectivity index (χ2n) is 6.02. The zero-order valence-corrected chi connectivity index (χ0v) is 12.7. The smallest absolute Gasteiger partial charge is 0.225 e. The molecule has 4 heteroatoms. The van der Waals surface area contributed by atoms with Gasteiger partial charge in [0.1, 0.15) is 0 Å². The van der Waals surface area contributed by atoms with E-state index in [-0.39, 0.29) is 18.4 Å². The Labute approximate surface area is 117 Å². The molecule has 2 N–H and O–H groups in total. The first kappa shape index (κ1) is 16.4. The topological polar surface area (TPSA) is 52.6 Å². The number of carbonyl (C=O) groups is 1. The Morgan fingerprint density at radius 2 is 2.16 bits per heavy atom. The molecule has 0 aromatic carbocycles. The number of aliphatic hydroxyl groups excluding tert-OH is 1. The Morgan fingerprint density at radius 1 is 1.42 bits per heavy atom. The van der Waals surface area contributed by atoms with Crippen molar-refractivity contribution in [1.29, 1.82) is 0 Å². The molecule has 0 saturated carbocycles. The van der Waals surface area contributed by atoms with Crippen molar-refractivity contribution in [3.05, 3.63) is 0 Å². The number of rotatable bonds is 7. The third-order valence-electron chi connectivity index (χ3n) is 3.81. The molecule has 112 valence electrons. The number of hydrogen-bond donors (Lipinski definition) is 2. The van der Waals surface area contributed by atoms with Crippen molar-refractivity contribution in [3.8, 4) is 0 Å². The van der Waals surface area contributed by atoms with Gasteiger partial charge in [-0.25, -0.2) is 0 Å². The molecule has 1 aliphatic heterocycles. The van der Waals surface area contributed by atoms with Crippen molar-refractivity contribution in [2.24, 2.45) is 11.8 Å². The zero-order valence-electron chi connectivity index (χ0n) is 12.7. The molecule has 1 amide bonds. The van der Waals surface area contributed by atoms with Gasteiger partial charge in [-0.1, -0.05) is 27.2 Å². The lowest BCUT2D eigenvalue weighted by atomic mass is 9.90. The Balaban J connectivity index is 2.54. The molecule has 1 rings (SSSR count). The Bertz CT molecular complexity index is 269. The van der Waals surface area contributed by atoms with Gasteiger partial charge in [-0.15, -0.1) is 0 Å². The van der Waals surface area contributed by atoms with Crippen LogP contribution in [0.1, 0.15) is 46.5 Å². The van der Waals surface area contributed by atoms with Gasteiger partial charge in [-0.2, -0.15) is 0 Å². The number of nitrogens with one attached hydrogen (secondary N) is 1. The SMILES string of the molecule is CCCC1CC(NCCCO)CN(C(=O)C(C)C)C1. The fourth-order valence-corrected chi connectivity index (χ4v) is 2.90. The second-order valence-corrected chi connectivity index (χ2v) is 6.02. The highest BCUT2D eigenvalue weighted by molar-refractivity contribution is 5.78. The van der Waals surface area contributed by atoms with E-state index in [0.717, 1.165) is 32.5 Å². The first-order chi connectivity index (χ1) is 9.08. The summed E-state index contributed by atoms with van der Waals surface area (Å²) in [5, 5.41) is 12.3. The summed E-state index contributed by atoms with van der Waals surface area (Å²) in [5.41, 5.74) is 0. The summed E-state index contributed by atoms with van der Waals surface area (Å²) in [4.78, 5) is 14.2. The fourth-order valence-electron chi connectivity index (χ4n) is 2.90. The predicted molar refractivity (Wildman–Crippen MR) is 77.9 cm³/mol. The minimum atomic E-state index is 0.0819. The van der Waals surface area contributed by atoms with E-state index in [1.54, 1.807) is 0 Å². The maximum absolute atomic E-state index is 12.2. The molecule has 4 nitrogen and oxygen atoms in total. The molecule has 19 heavy (non-hydrogen) atoms. The number of aliphatic hydroxyl groups is 1. The molecule has 1 fully saturated rings. The normalized spacial score (nSPS) is 23.9. The lowest BCUT2D eigenvalue weighted by Gasteiger charge is -2.39. The number of carbonyl (C=O) groups excluding carboxylic acids is 1. The van der Waals surface area contributed by atoms with Crippen LogP contribution in [0.5, 0.6) is 0 Å². The first-order valence-corrected chi connectivity index (χ1v) is 7.71. The van der Waals surface area contributed by atoms with Crippen LogP contribution in [-0.2, 0) is 4.79 Å². The van der Waals surface area contributed by atoms with E-state index in [2.05, 4.69) is 12.2 Å². The molecule has 1 saturated heterocycles. The zero-order chi connectivity index (χ0) is 14.3. The van der Waals surface area contributed by atoms with Crippen LogP contribution in [0.4, 0.5) is 0 Å². The minimum absolute atomic E-state index is 0.0819. The molecule has 0 aliphatic carbocycles. The van der Waals surface area contributed by atoms with Crippen molar-refractivity contribution in [1.82, 2.24) is 10.2 Å². The average Bonchev–Trinajstić information content (AvgIpc) is 2.38. The van der Waals surface area contributed by atoms with Gasteiger partial charge in [-0.05, 0) is 31.7 Å². The van der Waals surface area contributed by atoms with Gasteiger partial charge >= 0.3 is 0 Å². The summed E-state index contributed by atoms with van der Waals surface area (Å²) in [6.07, 6.45) is 4.31. The summed E-state index contributed by atoms with van der Waals surface area (Å²) in [6.45, 7) is 8.96. The van der Waals surface area contributed by atoms with Crippen molar-refractivity contribution in [2.75, 3.05) is 26.2 Å². The van der Waals surface area contributed by atoms with Gasteiger partial charge in [0, 0.05) is 31.7 Å². The molecule has 0 radical (unpaired) electrons. The maximum atomic E-state index is 12.2. The van der Waals surface area contributed by atoms with E-state index < -0.39 is 0 Å². The number of amides is 1. The molecule has 0 bridgehead atoms. The van der Waals surface area contributed by atoms with Crippen LogP contribution in [-0.4, -0.2) is 48.2 Å².